The van der Waals surface area contributed by atoms with E-state index < -0.39 is 11.9 Å². The van der Waals surface area contributed by atoms with Gasteiger partial charge in [-0.15, -0.1) is 11.3 Å². The van der Waals surface area contributed by atoms with Crippen LogP contribution in [0.5, 0.6) is 0 Å². The van der Waals surface area contributed by atoms with Gasteiger partial charge in [0.2, 0.25) is 0 Å². The largest absolute Gasteiger partial charge is 0.434 e. The fourth-order valence-corrected chi connectivity index (χ4v) is 2.95. The summed E-state index contributed by atoms with van der Waals surface area (Å²) in [5, 5.41) is 7.21. The number of thiazole rings is 1. The molecule has 2 N–H and O–H groups in total. The molecule has 2 aromatic rings. The second kappa shape index (κ2) is 9.03. The van der Waals surface area contributed by atoms with Crippen LogP contribution >= 0.6 is 11.3 Å². The third-order valence-corrected chi connectivity index (χ3v) is 4.36. The molecule has 1 heterocycles. The van der Waals surface area contributed by atoms with Crippen LogP contribution in [0, 0.1) is 5.82 Å². The number of benzene rings is 1. The molecule has 1 aromatic heterocycles. The third kappa shape index (κ3) is 6.09. The first-order valence-electron chi connectivity index (χ1n) is 8.20. The molecule has 0 unspecified atom stereocenters. The molecule has 0 bridgehead atoms. The highest BCUT2D eigenvalue weighted by molar-refractivity contribution is 7.09. The first-order chi connectivity index (χ1) is 12.7. The lowest BCUT2D eigenvalue weighted by atomic mass is 10.2. The zero-order valence-electron chi connectivity index (χ0n) is 15.2. The highest BCUT2D eigenvalue weighted by atomic mass is 32.1. The molecule has 10 heteroatoms. The van der Waals surface area contributed by atoms with Gasteiger partial charge in [0.1, 0.15) is 10.8 Å². The number of hydrogen-bond acceptors (Lipinski definition) is 4. The molecule has 2 rings (SSSR count). The van der Waals surface area contributed by atoms with Crippen molar-refractivity contribution in [2.24, 2.45) is 4.99 Å². The van der Waals surface area contributed by atoms with E-state index in [4.69, 9.17) is 0 Å². The summed E-state index contributed by atoms with van der Waals surface area (Å²) in [7, 11) is 3.51. The Hall–Kier alpha value is -2.36. The van der Waals surface area contributed by atoms with E-state index in [9.17, 15) is 17.6 Å². The molecule has 0 spiro atoms. The number of anilines is 1. The maximum absolute atomic E-state index is 14.0. The summed E-state index contributed by atoms with van der Waals surface area (Å²) in [6.45, 7) is 2.78. The van der Waals surface area contributed by atoms with E-state index in [-0.39, 0.29) is 18.9 Å². The van der Waals surface area contributed by atoms with Crippen LogP contribution in [-0.2, 0) is 19.3 Å². The van der Waals surface area contributed by atoms with E-state index in [0.29, 0.717) is 28.8 Å². The number of rotatable bonds is 6. The lowest BCUT2D eigenvalue weighted by molar-refractivity contribution is -0.140. The van der Waals surface area contributed by atoms with Gasteiger partial charge in [0.15, 0.2) is 11.7 Å². The average Bonchev–Trinajstić information content (AvgIpc) is 3.06. The summed E-state index contributed by atoms with van der Waals surface area (Å²) >= 11 is 0.927. The maximum Gasteiger partial charge on any atom is 0.434 e. The van der Waals surface area contributed by atoms with Crippen molar-refractivity contribution >= 4 is 23.0 Å². The Kier molecular flexibility index (Phi) is 7.00. The van der Waals surface area contributed by atoms with Gasteiger partial charge in [0.05, 0.1) is 18.8 Å². The molecule has 148 valence electrons. The van der Waals surface area contributed by atoms with Crippen LogP contribution in [0.2, 0.25) is 0 Å². The number of alkyl halides is 3. The molecule has 0 saturated carbocycles. The quantitative estimate of drug-likeness (QED) is 0.440. The van der Waals surface area contributed by atoms with Crippen molar-refractivity contribution in [3.63, 3.8) is 0 Å². The van der Waals surface area contributed by atoms with Gasteiger partial charge in [-0.3, -0.25) is 0 Å². The van der Waals surface area contributed by atoms with Gasteiger partial charge in [0, 0.05) is 26.0 Å². The summed E-state index contributed by atoms with van der Waals surface area (Å²) in [5.74, 6) is 0.0754. The van der Waals surface area contributed by atoms with Gasteiger partial charge in [-0.25, -0.2) is 14.4 Å². The van der Waals surface area contributed by atoms with Crippen molar-refractivity contribution < 1.29 is 17.6 Å². The molecule has 0 aliphatic rings. The van der Waals surface area contributed by atoms with E-state index in [0.717, 1.165) is 16.7 Å². The van der Waals surface area contributed by atoms with Gasteiger partial charge in [0.25, 0.3) is 0 Å². The molecule has 0 atom stereocenters. The minimum atomic E-state index is -4.45. The maximum atomic E-state index is 14.0. The number of aromatic nitrogens is 1. The number of hydrogen-bond donors (Lipinski definition) is 2. The lowest BCUT2D eigenvalue weighted by Gasteiger charge is -2.14. The number of halogens is 4. The van der Waals surface area contributed by atoms with Crippen LogP contribution in [-0.4, -0.2) is 31.6 Å². The molecule has 5 nitrogen and oxygen atoms in total. The van der Waals surface area contributed by atoms with Crippen LogP contribution < -0.4 is 15.5 Å². The number of guanidine groups is 1. The second-order valence-electron chi connectivity index (χ2n) is 5.85. The fourth-order valence-electron chi connectivity index (χ4n) is 2.21. The fraction of sp³-hybridized carbons (Fsp3) is 0.412. The van der Waals surface area contributed by atoms with Crippen LogP contribution in [0.25, 0.3) is 0 Å². The minimum Gasteiger partial charge on any atom is -0.375 e. The van der Waals surface area contributed by atoms with Crippen LogP contribution in [0.3, 0.4) is 0 Å². The van der Waals surface area contributed by atoms with E-state index >= 15 is 0 Å². The molecular weight excluding hydrogens is 382 g/mol. The van der Waals surface area contributed by atoms with Crippen molar-refractivity contribution in [1.29, 1.82) is 0 Å². The molecule has 0 saturated heterocycles. The Labute approximate surface area is 159 Å². The van der Waals surface area contributed by atoms with Gasteiger partial charge in [-0.1, -0.05) is 6.07 Å². The lowest BCUT2D eigenvalue weighted by Crippen LogP contribution is -2.36. The van der Waals surface area contributed by atoms with E-state index in [2.05, 4.69) is 20.6 Å². The molecule has 0 amide bonds. The molecule has 27 heavy (non-hydrogen) atoms. The smallest absolute Gasteiger partial charge is 0.375 e. The first kappa shape index (κ1) is 20.9. The van der Waals surface area contributed by atoms with Gasteiger partial charge in [-0.05, 0) is 24.6 Å². The minimum absolute atomic E-state index is 0.112. The highest BCUT2D eigenvalue weighted by Crippen LogP contribution is 2.29. The molecule has 1 aromatic carbocycles. The van der Waals surface area contributed by atoms with Crippen molar-refractivity contribution in [3.05, 3.63) is 45.7 Å². The zero-order chi connectivity index (χ0) is 20.0. The monoisotopic (exact) mass is 403 g/mol. The standard InChI is InChI=1S/C17H21F4N5S/c1-4-22-16(24-9-15-25-14(10-27-15)17(19,20)21)23-8-11-5-6-13(26(2)3)12(18)7-11/h5-7,10H,4,8-9H2,1-3H3,(H2,22,23,24). The van der Waals surface area contributed by atoms with Crippen molar-refractivity contribution in [2.45, 2.75) is 26.2 Å². The average molecular weight is 403 g/mol. The normalized spacial score (nSPS) is 12.2. The van der Waals surface area contributed by atoms with Crippen LogP contribution in [0.4, 0.5) is 23.2 Å². The molecule has 0 radical (unpaired) electrons. The number of nitrogens with one attached hydrogen (secondary N) is 2. The Balaban J connectivity index is 2.02. The molecular formula is C17H21F4N5S. The van der Waals surface area contributed by atoms with Crippen LogP contribution in [0.1, 0.15) is 23.2 Å². The van der Waals surface area contributed by atoms with Gasteiger partial charge < -0.3 is 15.5 Å². The Bertz CT molecular complexity index is 786. The molecule has 0 aliphatic heterocycles. The van der Waals surface area contributed by atoms with E-state index in [1.165, 1.54) is 6.07 Å². The molecule has 0 aliphatic carbocycles. The topological polar surface area (TPSA) is 52.6 Å². The zero-order valence-corrected chi connectivity index (χ0v) is 16.0. The Morgan fingerprint density at radius 2 is 2.00 bits per heavy atom. The molecule has 0 fully saturated rings. The highest BCUT2D eigenvalue weighted by Gasteiger charge is 2.33. The van der Waals surface area contributed by atoms with Gasteiger partial charge in [-0.2, -0.15) is 13.2 Å². The number of nitrogens with zero attached hydrogens (tertiary/aromatic N) is 3. The summed E-state index contributed by atoms with van der Waals surface area (Å²) in [5.41, 5.74) is 0.267. The van der Waals surface area contributed by atoms with E-state index in [1.807, 2.05) is 6.92 Å². The Morgan fingerprint density at radius 3 is 2.56 bits per heavy atom. The SMILES string of the molecule is CCNC(=NCc1ccc(N(C)C)c(F)c1)NCc1nc(C(F)(F)F)cs1. The Morgan fingerprint density at radius 1 is 1.26 bits per heavy atom. The van der Waals surface area contributed by atoms with E-state index in [1.54, 1.807) is 31.1 Å². The summed E-state index contributed by atoms with van der Waals surface area (Å²) in [6, 6.07) is 4.87. The van der Waals surface area contributed by atoms with Crippen molar-refractivity contribution in [2.75, 3.05) is 25.5 Å². The second-order valence-corrected chi connectivity index (χ2v) is 6.80. The first-order valence-corrected chi connectivity index (χ1v) is 9.08. The van der Waals surface area contributed by atoms with Gasteiger partial charge >= 0.3 is 6.18 Å². The number of aliphatic imine (C=N–C) groups is 1. The summed E-state index contributed by atoms with van der Waals surface area (Å²) < 4.78 is 51.8. The predicted octanol–water partition coefficient (Wildman–Crippen LogP) is 3.62. The van der Waals surface area contributed by atoms with Crippen molar-refractivity contribution in [3.8, 4) is 0 Å². The third-order valence-electron chi connectivity index (χ3n) is 3.51. The summed E-state index contributed by atoms with van der Waals surface area (Å²) in [4.78, 5) is 9.58. The van der Waals surface area contributed by atoms with Crippen LogP contribution in [0.15, 0.2) is 28.6 Å². The summed E-state index contributed by atoms with van der Waals surface area (Å²) in [6.07, 6.45) is -4.45. The van der Waals surface area contributed by atoms with Crippen molar-refractivity contribution in [1.82, 2.24) is 15.6 Å². The predicted molar refractivity (Wildman–Crippen MR) is 99.5 cm³/mol.